The number of halogens is 1. The van der Waals surface area contributed by atoms with Crippen molar-refractivity contribution in [2.75, 3.05) is 0 Å². The number of benzene rings is 1. The molecule has 1 nitrogen and oxygen atoms in total. The van der Waals surface area contributed by atoms with Gasteiger partial charge in [0, 0.05) is 5.88 Å². The van der Waals surface area contributed by atoms with Gasteiger partial charge in [-0.1, -0.05) is 24.3 Å². The molecule has 9 heavy (non-hydrogen) atoms. The third-order valence-electron chi connectivity index (χ3n) is 1.08. The Bertz CT molecular complexity index is 181. The smallest absolute Gasteiger partial charge is 0.0474 e. The molecular formula is C7H6ClO-. The van der Waals surface area contributed by atoms with Gasteiger partial charge in [-0.3, -0.25) is 0 Å². The van der Waals surface area contributed by atoms with E-state index in [4.69, 9.17) is 11.6 Å². The van der Waals surface area contributed by atoms with Gasteiger partial charge in [0.15, 0.2) is 0 Å². The maximum atomic E-state index is 10.5. The molecule has 0 bridgehead atoms. The first-order valence-corrected chi connectivity index (χ1v) is 3.18. The van der Waals surface area contributed by atoms with Crippen molar-refractivity contribution in [1.82, 2.24) is 0 Å². The second-order valence-corrected chi connectivity index (χ2v) is 2.04. The zero-order valence-corrected chi connectivity index (χ0v) is 5.56. The van der Waals surface area contributed by atoms with Gasteiger partial charge in [-0.05, 0) is 5.56 Å². The number of hydrogen-bond donors (Lipinski definition) is 0. The third-order valence-corrected chi connectivity index (χ3v) is 1.39. The normalized spacial score (nSPS) is 9.44. The van der Waals surface area contributed by atoms with E-state index in [1.54, 1.807) is 12.1 Å². The molecule has 0 aliphatic rings. The van der Waals surface area contributed by atoms with Crippen LogP contribution in [0.4, 0.5) is 0 Å². The molecule has 1 aromatic carbocycles. The second kappa shape index (κ2) is 2.74. The van der Waals surface area contributed by atoms with Crippen LogP contribution < -0.4 is 5.11 Å². The summed E-state index contributed by atoms with van der Waals surface area (Å²) < 4.78 is 0. The van der Waals surface area contributed by atoms with E-state index in [9.17, 15) is 5.11 Å². The van der Waals surface area contributed by atoms with Crippen LogP contribution >= 0.6 is 11.6 Å². The quantitative estimate of drug-likeness (QED) is 0.544. The zero-order valence-electron chi connectivity index (χ0n) is 4.80. The van der Waals surface area contributed by atoms with Gasteiger partial charge in [-0.25, -0.2) is 0 Å². The van der Waals surface area contributed by atoms with Crippen molar-refractivity contribution >= 4 is 11.6 Å². The van der Waals surface area contributed by atoms with Crippen LogP contribution in [0.25, 0.3) is 0 Å². The van der Waals surface area contributed by atoms with Gasteiger partial charge in [0.2, 0.25) is 0 Å². The average molecular weight is 142 g/mol. The van der Waals surface area contributed by atoms with Crippen LogP contribution in [0.1, 0.15) is 5.56 Å². The minimum Gasteiger partial charge on any atom is -0.872 e. The lowest BCUT2D eigenvalue weighted by Crippen LogP contribution is -1.88. The lowest BCUT2D eigenvalue weighted by molar-refractivity contribution is -0.268. The molecule has 2 heteroatoms. The summed E-state index contributed by atoms with van der Waals surface area (Å²) >= 11 is 5.48. The molecular weight excluding hydrogens is 136 g/mol. The van der Waals surface area contributed by atoms with Crippen LogP contribution in [-0.4, -0.2) is 0 Å². The fourth-order valence-corrected chi connectivity index (χ4v) is 0.757. The molecule has 0 heterocycles. The van der Waals surface area contributed by atoms with E-state index < -0.39 is 0 Å². The van der Waals surface area contributed by atoms with E-state index in [1.807, 2.05) is 0 Å². The summed E-state index contributed by atoms with van der Waals surface area (Å²) in [5, 5.41) is 10.5. The van der Waals surface area contributed by atoms with Crippen LogP contribution in [0.3, 0.4) is 0 Å². The number of alkyl halides is 1. The number of hydrogen-bond acceptors (Lipinski definition) is 1. The van der Waals surface area contributed by atoms with E-state index in [0.717, 1.165) is 5.56 Å². The minimum absolute atomic E-state index is 0.0314. The van der Waals surface area contributed by atoms with Gasteiger partial charge in [-0.15, -0.1) is 17.4 Å². The Labute approximate surface area is 58.9 Å². The van der Waals surface area contributed by atoms with E-state index in [2.05, 4.69) is 0 Å². The molecule has 1 rings (SSSR count). The summed E-state index contributed by atoms with van der Waals surface area (Å²) in [6.45, 7) is 0. The van der Waals surface area contributed by atoms with Crippen molar-refractivity contribution < 1.29 is 5.11 Å². The number of rotatable bonds is 1. The van der Waals surface area contributed by atoms with Gasteiger partial charge in [-0.2, -0.15) is 0 Å². The van der Waals surface area contributed by atoms with Gasteiger partial charge in [0.05, 0.1) is 0 Å². The van der Waals surface area contributed by atoms with Crippen molar-refractivity contribution in [2.45, 2.75) is 5.88 Å². The lowest BCUT2D eigenvalue weighted by Gasteiger charge is -2.02. The standard InChI is InChI=1S/C7H7ClO/c8-5-6-1-3-7(9)4-2-6/h1-4,9H,5H2/p-1. The molecule has 0 atom stereocenters. The Morgan fingerprint density at radius 2 is 1.78 bits per heavy atom. The zero-order chi connectivity index (χ0) is 6.69. The Balaban J connectivity index is 2.88. The van der Waals surface area contributed by atoms with E-state index in [-0.39, 0.29) is 5.75 Å². The van der Waals surface area contributed by atoms with Crippen LogP contribution in [-0.2, 0) is 5.88 Å². The molecule has 0 unspecified atom stereocenters. The summed E-state index contributed by atoms with van der Waals surface area (Å²) in [6.07, 6.45) is 0. The minimum atomic E-state index is 0.0314. The van der Waals surface area contributed by atoms with Crippen LogP contribution in [0, 0.1) is 0 Å². The molecule has 0 N–H and O–H groups in total. The molecule has 0 spiro atoms. The highest BCUT2D eigenvalue weighted by molar-refractivity contribution is 6.17. The maximum absolute atomic E-state index is 10.5. The summed E-state index contributed by atoms with van der Waals surface area (Å²) in [4.78, 5) is 0. The van der Waals surface area contributed by atoms with Crippen molar-refractivity contribution in [3.8, 4) is 5.75 Å². The molecule has 0 aliphatic carbocycles. The maximum Gasteiger partial charge on any atom is 0.0474 e. The molecule has 0 amide bonds. The summed E-state index contributed by atoms with van der Waals surface area (Å²) in [5.41, 5.74) is 0.983. The Hall–Kier alpha value is -0.690. The molecule has 48 valence electrons. The largest absolute Gasteiger partial charge is 0.872 e. The molecule has 0 aromatic heterocycles. The monoisotopic (exact) mass is 141 g/mol. The summed E-state index contributed by atoms with van der Waals surface area (Å²) in [7, 11) is 0. The first kappa shape index (κ1) is 6.43. The fraction of sp³-hybridized carbons (Fsp3) is 0.143. The van der Waals surface area contributed by atoms with E-state index >= 15 is 0 Å². The predicted octanol–water partition coefficient (Wildman–Crippen LogP) is 1.50. The average Bonchev–Trinajstić information content (AvgIpc) is 1.90. The molecule has 0 aliphatic heterocycles. The second-order valence-electron chi connectivity index (χ2n) is 1.78. The molecule has 0 saturated carbocycles. The summed E-state index contributed by atoms with van der Waals surface area (Å²) in [6, 6.07) is 6.49. The topological polar surface area (TPSA) is 23.1 Å². The molecule has 1 aromatic rings. The first-order valence-electron chi connectivity index (χ1n) is 2.65. The van der Waals surface area contributed by atoms with Crippen molar-refractivity contribution in [3.63, 3.8) is 0 Å². The van der Waals surface area contributed by atoms with Crippen LogP contribution in [0.5, 0.6) is 5.75 Å². The highest BCUT2D eigenvalue weighted by atomic mass is 35.5. The third kappa shape index (κ3) is 1.61. The van der Waals surface area contributed by atoms with Gasteiger partial charge < -0.3 is 5.11 Å². The Morgan fingerprint density at radius 1 is 1.22 bits per heavy atom. The van der Waals surface area contributed by atoms with E-state index in [1.165, 1.54) is 12.1 Å². The fourth-order valence-electron chi connectivity index (χ4n) is 0.579. The Kier molecular flexibility index (Phi) is 1.96. The van der Waals surface area contributed by atoms with E-state index in [0.29, 0.717) is 5.88 Å². The highest BCUT2D eigenvalue weighted by Crippen LogP contribution is 2.07. The van der Waals surface area contributed by atoms with Crippen molar-refractivity contribution in [2.24, 2.45) is 0 Å². The Morgan fingerprint density at radius 3 is 2.22 bits per heavy atom. The predicted molar refractivity (Wildman–Crippen MR) is 35.4 cm³/mol. The lowest BCUT2D eigenvalue weighted by atomic mass is 10.2. The van der Waals surface area contributed by atoms with Gasteiger partial charge in [0.25, 0.3) is 0 Å². The van der Waals surface area contributed by atoms with Crippen LogP contribution in [0.2, 0.25) is 0 Å². The molecule has 0 saturated heterocycles. The highest BCUT2D eigenvalue weighted by Gasteiger charge is 1.83. The van der Waals surface area contributed by atoms with Crippen molar-refractivity contribution in [1.29, 1.82) is 0 Å². The van der Waals surface area contributed by atoms with Gasteiger partial charge in [0.1, 0.15) is 0 Å². The van der Waals surface area contributed by atoms with Gasteiger partial charge >= 0.3 is 0 Å². The molecule has 0 fully saturated rings. The molecule has 0 radical (unpaired) electrons. The van der Waals surface area contributed by atoms with Crippen molar-refractivity contribution in [3.05, 3.63) is 29.8 Å². The summed E-state index contributed by atoms with van der Waals surface area (Å²) in [5.74, 6) is 0.504. The SMILES string of the molecule is [O-]c1ccc(CCl)cc1. The van der Waals surface area contributed by atoms with Crippen LogP contribution in [0.15, 0.2) is 24.3 Å². The first-order chi connectivity index (χ1) is 4.33.